The largest absolute Gasteiger partial charge is 0.240 e. The molecule has 0 aliphatic rings. The van der Waals surface area contributed by atoms with Crippen molar-refractivity contribution >= 4 is 26.0 Å². The first kappa shape index (κ1) is 17.6. The van der Waals surface area contributed by atoms with Crippen molar-refractivity contribution in [1.82, 2.24) is 4.72 Å². The minimum atomic E-state index is -3.61. The summed E-state index contributed by atoms with van der Waals surface area (Å²) in [5, 5.41) is 0. The second-order valence-electron chi connectivity index (χ2n) is 4.74. The summed E-state index contributed by atoms with van der Waals surface area (Å²) in [4.78, 5) is -0.0378. The predicted octanol–water partition coefficient (Wildman–Crippen LogP) is 4.23. The Bertz CT molecular complexity index is 520. The van der Waals surface area contributed by atoms with E-state index in [0.717, 1.165) is 25.3 Å². The van der Waals surface area contributed by atoms with Crippen LogP contribution in [0, 0.1) is 5.82 Å². The zero-order valence-corrected chi connectivity index (χ0v) is 14.1. The molecule has 0 atom stereocenters. The van der Waals surface area contributed by atoms with Gasteiger partial charge in [-0.3, -0.25) is 0 Å². The fourth-order valence-corrected chi connectivity index (χ4v) is 3.17. The lowest BCUT2D eigenvalue weighted by molar-refractivity contribution is 0.565. The van der Waals surface area contributed by atoms with Gasteiger partial charge in [-0.15, -0.1) is 0 Å². The Morgan fingerprint density at radius 2 is 1.80 bits per heavy atom. The van der Waals surface area contributed by atoms with Crippen molar-refractivity contribution in [2.75, 3.05) is 6.54 Å². The Morgan fingerprint density at radius 1 is 1.15 bits per heavy atom. The van der Waals surface area contributed by atoms with Gasteiger partial charge in [0.15, 0.2) is 0 Å². The van der Waals surface area contributed by atoms with E-state index in [1.807, 2.05) is 0 Å². The van der Waals surface area contributed by atoms with Crippen molar-refractivity contribution in [2.45, 2.75) is 50.3 Å². The highest BCUT2D eigenvalue weighted by Gasteiger charge is 2.14. The van der Waals surface area contributed by atoms with Crippen molar-refractivity contribution < 1.29 is 12.8 Å². The fourth-order valence-electron chi connectivity index (χ4n) is 1.84. The van der Waals surface area contributed by atoms with Crippen LogP contribution in [0.4, 0.5) is 4.39 Å². The Hall–Kier alpha value is -0.460. The van der Waals surface area contributed by atoms with Crippen LogP contribution in [0.1, 0.15) is 45.4 Å². The van der Waals surface area contributed by atoms with Gasteiger partial charge in [0.2, 0.25) is 10.0 Å². The maximum absolute atomic E-state index is 13.3. The van der Waals surface area contributed by atoms with Gasteiger partial charge in [-0.05, 0) is 40.5 Å². The third kappa shape index (κ3) is 5.89. The van der Waals surface area contributed by atoms with Crippen LogP contribution in [0.5, 0.6) is 0 Å². The highest BCUT2D eigenvalue weighted by molar-refractivity contribution is 9.10. The lowest BCUT2D eigenvalue weighted by Crippen LogP contribution is -2.24. The average molecular weight is 366 g/mol. The van der Waals surface area contributed by atoms with E-state index in [0.29, 0.717) is 6.54 Å². The molecule has 0 heterocycles. The van der Waals surface area contributed by atoms with Crippen molar-refractivity contribution in [3.63, 3.8) is 0 Å². The Kier molecular flexibility index (Phi) is 7.69. The third-order valence-corrected chi connectivity index (χ3v) is 5.13. The molecule has 0 spiro atoms. The maximum atomic E-state index is 13.3. The van der Waals surface area contributed by atoms with Crippen LogP contribution in [0.15, 0.2) is 27.6 Å². The normalized spacial score (nSPS) is 11.8. The fraction of sp³-hybridized carbons (Fsp3) is 0.571. The second kappa shape index (κ2) is 8.74. The van der Waals surface area contributed by atoms with E-state index in [2.05, 4.69) is 27.6 Å². The molecule has 20 heavy (non-hydrogen) atoms. The first-order valence-corrected chi connectivity index (χ1v) is 9.19. The molecule has 1 rings (SSSR count). The van der Waals surface area contributed by atoms with Gasteiger partial charge in [0, 0.05) is 6.54 Å². The Labute approximate surface area is 129 Å². The number of benzene rings is 1. The summed E-state index contributed by atoms with van der Waals surface area (Å²) in [6.45, 7) is 2.55. The van der Waals surface area contributed by atoms with Crippen LogP contribution >= 0.6 is 15.9 Å². The topological polar surface area (TPSA) is 46.2 Å². The number of hydrogen-bond donors (Lipinski definition) is 1. The molecule has 1 aromatic rings. The highest BCUT2D eigenvalue weighted by Crippen LogP contribution is 2.19. The summed E-state index contributed by atoms with van der Waals surface area (Å²) in [7, 11) is -3.61. The number of halogens is 2. The van der Waals surface area contributed by atoms with Crippen LogP contribution in [0.25, 0.3) is 0 Å². The molecule has 0 aliphatic heterocycles. The van der Waals surface area contributed by atoms with Gasteiger partial charge in [0.05, 0.1) is 9.37 Å². The van der Waals surface area contributed by atoms with Crippen LogP contribution < -0.4 is 4.72 Å². The van der Waals surface area contributed by atoms with Gasteiger partial charge in [-0.25, -0.2) is 17.5 Å². The summed E-state index contributed by atoms with van der Waals surface area (Å²) in [5.41, 5.74) is 0. The summed E-state index contributed by atoms with van der Waals surface area (Å²) < 4.78 is 40.0. The molecule has 0 amide bonds. The van der Waals surface area contributed by atoms with Gasteiger partial charge in [-0.2, -0.15) is 0 Å². The van der Waals surface area contributed by atoms with Gasteiger partial charge in [0.1, 0.15) is 5.82 Å². The molecule has 3 nitrogen and oxygen atoms in total. The molecule has 0 aliphatic carbocycles. The minimum absolute atomic E-state index is 0.0378. The SMILES string of the molecule is CCCCCCCCNS(=O)(=O)c1ccc(Br)c(F)c1. The number of rotatable bonds is 9. The zero-order chi connectivity index (χ0) is 15.0. The van der Waals surface area contributed by atoms with Crippen LogP contribution in [0.3, 0.4) is 0 Å². The third-order valence-electron chi connectivity index (χ3n) is 3.02. The zero-order valence-electron chi connectivity index (χ0n) is 11.7. The molecule has 6 heteroatoms. The van der Waals surface area contributed by atoms with Crippen LogP contribution in [0.2, 0.25) is 0 Å². The van der Waals surface area contributed by atoms with E-state index in [-0.39, 0.29) is 9.37 Å². The number of unbranched alkanes of at least 4 members (excludes halogenated alkanes) is 5. The molecule has 0 radical (unpaired) electrons. The number of hydrogen-bond acceptors (Lipinski definition) is 2. The molecule has 0 aromatic heterocycles. The molecular formula is C14H21BrFNO2S. The first-order valence-electron chi connectivity index (χ1n) is 6.92. The smallest absolute Gasteiger partial charge is 0.211 e. The molecule has 0 bridgehead atoms. The monoisotopic (exact) mass is 365 g/mol. The molecule has 1 aromatic carbocycles. The first-order chi connectivity index (χ1) is 9.47. The van der Waals surface area contributed by atoms with E-state index >= 15 is 0 Å². The van der Waals surface area contributed by atoms with Crippen molar-refractivity contribution in [2.24, 2.45) is 0 Å². The summed E-state index contributed by atoms with van der Waals surface area (Å²) >= 11 is 3.00. The van der Waals surface area contributed by atoms with E-state index in [1.165, 1.54) is 31.4 Å². The van der Waals surface area contributed by atoms with Crippen molar-refractivity contribution in [3.8, 4) is 0 Å². The van der Waals surface area contributed by atoms with Gasteiger partial charge >= 0.3 is 0 Å². The summed E-state index contributed by atoms with van der Waals surface area (Å²) in [5.74, 6) is -0.576. The number of sulfonamides is 1. The van der Waals surface area contributed by atoms with Crippen molar-refractivity contribution in [1.29, 1.82) is 0 Å². The summed E-state index contributed by atoms with van der Waals surface area (Å²) in [6.07, 6.45) is 6.56. The average Bonchev–Trinajstić information content (AvgIpc) is 2.40. The van der Waals surface area contributed by atoms with E-state index in [9.17, 15) is 12.8 Å². The Morgan fingerprint density at radius 3 is 2.45 bits per heavy atom. The van der Waals surface area contributed by atoms with E-state index in [1.54, 1.807) is 0 Å². The molecular weight excluding hydrogens is 345 g/mol. The highest BCUT2D eigenvalue weighted by atomic mass is 79.9. The number of nitrogens with one attached hydrogen (secondary N) is 1. The van der Waals surface area contributed by atoms with Gasteiger partial charge < -0.3 is 0 Å². The predicted molar refractivity (Wildman–Crippen MR) is 82.7 cm³/mol. The molecule has 0 saturated carbocycles. The molecule has 114 valence electrons. The van der Waals surface area contributed by atoms with E-state index < -0.39 is 15.8 Å². The maximum Gasteiger partial charge on any atom is 0.240 e. The van der Waals surface area contributed by atoms with Crippen LogP contribution in [-0.4, -0.2) is 15.0 Å². The quantitative estimate of drug-likeness (QED) is 0.665. The second-order valence-corrected chi connectivity index (χ2v) is 7.36. The summed E-state index contributed by atoms with van der Waals surface area (Å²) in [6, 6.07) is 3.80. The van der Waals surface area contributed by atoms with Gasteiger partial charge in [0.25, 0.3) is 0 Å². The molecule has 0 saturated heterocycles. The molecule has 0 fully saturated rings. The van der Waals surface area contributed by atoms with E-state index in [4.69, 9.17) is 0 Å². The lowest BCUT2D eigenvalue weighted by Gasteiger charge is -2.07. The van der Waals surface area contributed by atoms with Gasteiger partial charge in [-0.1, -0.05) is 39.0 Å². The Balaban J connectivity index is 2.40. The molecule has 1 N–H and O–H groups in total. The van der Waals surface area contributed by atoms with Crippen molar-refractivity contribution in [3.05, 3.63) is 28.5 Å². The van der Waals surface area contributed by atoms with Crippen LogP contribution in [-0.2, 0) is 10.0 Å². The lowest BCUT2D eigenvalue weighted by atomic mass is 10.1. The molecule has 0 unspecified atom stereocenters. The minimum Gasteiger partial charge on any atom is -0.211 e. The standard InChI is InChI=1S/C14H21BrFNO2S/c1-2-3-4-5-6-7-10-17-20(18,19)12-8-9-13(15)14(16)11-12/h8-9,11,17H,2-7,10H2,1H3.